The molecule has 2 heterocycles. The molecule has 6 heteroatoms. The third-order valence-corrected chi connectivity index (χ3v) is 5.83. The number of benzene rings is 1. The van der Waals surface area contributed by atoms with Gasteiger partial charge >= 0.3 is 0 Å². The summed E-state index contributed by atoms with van der Waals surface area (Å²) in [5.74, 6) is 0.876. The first-order valence-corrected chi connectivity index (χ1v) is 10.9. The molecule has 0 atom stereocenters. The standard InChI is InChI=1S/C24H34N4OS/c1-23(2)13-20(14-24(3,4)27-23)26-22(30)28(16-18-9-8-12-25-15-18)17-19-10-6-7-11-21(19)29-5/h6-12,15,20,27H,13-14,16-17H2,1-5H3,(H,26,30). The van der Waals surface area contributed by atoms with Gasteiger partial charge in [0.05, 0.1) is 7.11 Å². The second-order valence-corrected chi connectivity index (χ2v) is 9.86. The minimum atomic E-state index is 0.0614. The van der Waals surface area contributed by atoms with E-state index in [0.717, 1.165) is 34.8 Å². The summed E-state index contributed by atoms with van der Waals surface area (Å²) in [7, 11) is 1.71. The highest BCUT2D eigenvalue weighted by Gasteiger charge is 2.38. The number of thiocarbonyl (C=S) groups is 1. The van der Waals surface area contributed by atoms with Gasteiger partial charge in [-0.25, -0.2) is 0 Å². The highest BCUT2D eigenvalue weighted by atomic mass is 32.1. The van der Waals surface area contributed by atoms with E-state index in [1.165, 1.54) is 0 Å². The molecule has 30 heavy (non-hydrogen) atoms. The molecule has 1 aliphatic heterocycles. The van der Waals surface area contributed by atoms with Gasteiger partial charge < -0.3 is 20.3 Å². The summed E-state index contributed by atoms with van der Waals surface area (Å²) in [6.45, 7) is 10.4. The van der Waals surface area contributed by atoms with Crippen molar-refractivity contribution >= 4 is 17.3 Å². The highest BCUT2D eigenvalue weighted by molar-refractivity contribution is 7.80. The normalized spacial score (nSPS) is 17.9. The van der Waals surface area contributed by atoms with Gasteiger partial charge in [-0.15, -0.1) is 0 Å². The van der Waals surface area contributed by atoms with E-state index in [0.29, 0.717) is 19.1 Å². The maximum absolute atomic E-state index is 5.92. The number of hydrogen-bond acceptors (Lipinski definition) is 4. The fourth-order valence-corrected chi connectivity index (χ4v) is 4.94. The second-order valence-electron chi connectivity index (χ2n) is 9.48. The van der Waals surface area contributed by atoms with E-state index in [4.69, 9.17) is 17.0 Å². The van der Waals surface area contributed by atoms with Crippen LogP contribution in [0.5, 0.6) is 5.75 Å². The van der Waals surface area contributed by atoms with Crippen LogP contribution in [-0.2, 0) is 13.1 Å². The van der Waals surface area contributed by atoms with E-state index in [-0.39, 0.29) is 11.1 Å². The Morgan fingerprint density at radius 2 is 1.83 bits per heavy atom. The van der Waals surface area contributed by atoms with Crippen molar-refractivity contribution in [2.75, 3.05) is 7.11 Å². The van der Waals surface area contributed by atoms with Crippen LogP contribution < -0.4 is 15.4 Å². The monoisotopic (exact) mass is 426 g/mol. The molecule has 0 spiro atoms. The van der Waals surface area contributed by atoms with Crippen LogP contribution in [0.15, 0.2) is 48.8 Å². The lowest BCUT2D eigenvalue weighted by Crippen LogP contribution is -2.62. The largest absolute Gasteiger partial charge is 0.496 e. The number of pyridine rings is 1. The Kier molecular flexibility index (Phi) is 6.98. The maximum atomic E-state index is 5.92. The van der Waals surface area contributed by atoms with Gasteiger partial charge in [-0.3, -0.25) is 4.98 Å². The van der Waals surface area contributed by atoms with Crippen molar-refractivity contribution in [2.24, 2.45) is 0 Å². The van der Waals surface area contributed by atoms with Crippen LogP contribution in [0.1, 0.15) is 51.7 Å². The molecule has 0 amide bonds. The molecule has 0 aliphatic carbocycles. The van der Waals surface area contributed by atoms with Crippen molar-refractivity contribution in [1.82, 2.24) is 20.5 Å². The van der Waals surface area contributed by atoms with Gasteiger partial charge in [0.15, 0.2) is 5.11 Å². The number of para-hydroxylation sites is 1. The van der Waals surface area contributed by atoms with E-state index >= 15 is 0 Å². The first-order valence-electron chi connectivity index (χ1n) is 10.5. The third kappa shape index (κ3) is 6.16. The molecule has 1 saturated heterocycles. The summed E-state index contributed by atoms with van der Waals surface area (Å²) in [5, 5.41) is 8.17. The molecular weight excluding hydrogens is 392 g/mol. The molecular formula is C24H34N4OS. The number of ether oxygens (including phenoxy) is 1. The van der Waals surface area contributed by atoms with Crippen molar-refractivity contribution in [1.29, 1.82) is 0 Å². The second kappa shape index (κ2) is 9.31. The van der Waals surface area contributed by atoms with E-state index < -0.39 is 0 Å². The molecule has 3 rings (SSSR count). The summed E-state index contributed by atoms with van der Waals surface area (Å²) in [6.07, 6.45) is 5.73. The SMILES string of the molecule is COc1ccccc1CN(Cc1cccnc1)C(=S)NC1CC(C)(C)NC(C)(C)C1. The van der Waals surface area contributed by atoms with Crippen LogP contribution in [0.2, 0.25) is 0 Å². The predicted octanol–water partition coefficient (Wildman–Crippen LogP) is 4.28. The van der Waals surface area contributed by atoms with Crippen LogP contribution in [0.3, 0.4) is 0 Å². The maximum Gasteiger partial charge on any atom is 0.169 e. The molecule has 0 radical (unpaired) electrons. The average Bonchev–Trinajstić information content (AvgIpc) is 2.66. The van der Waals surface area contributed by atoms with Crippen molar-refractivity contribution in [3.63, 3.8) is 0 Å². The number of nitrogens with zero attached hydrogens (tertiary/aromatic N) is 2. The first kappa shape index (κ1) is 22.5. The summed E-state index contributed by atoms with van der Waals surface area (Å²) in [4.78, 5) is 6.47. The summed E-state index contributed by atoms with van der Waals surface area (Å²) in [5.41, 5.74) is 2.36. The van der Waals surface area contributed by atoms with Crippen molar-refractivity contribution in [2.45, 2.75) is 70.7 Å². The number of hydrogen-bond donors (Lipinski definition) is 2. The number of rotatable bonds is 6. The fourth-order valence-electron chi connectivity index (χ4n) is 4.64. The number of nitrogens with one attached hydrogen (secondary N) is 2. The van der Waals surface area contributed by atoms with Gasteiger partial charge in [-0.05, 0) is 70.5 Å². The van der Waals surface area contributed by atoms with Crippen LogP contribution in [-0.4, -0.2) is 39.2 Å². The average molecular weight is 427 g/mol. The van der Waals surface area contributed by atoms with Crippen LogP contribution in [0, 0.1) is 0 Å². The Morgan fingerprint density at radius 1 is 1.13 bits per heavy atom. The lowest BCUT2D eigenvalue weighted by Gasteiger charge is -2.47. The smallest absolute Gasteiger partial charge is 0.169 e. The lowest BCUT2D eigenvalue weighted by molar-refractivity contribution is 0.153. The molecule has 5 nitrogen and oxygen atoms in total. The number of aromatic nitrogens is 1. The van der Waals surface area contributed by atoms with Gasteiger partial charge in [0.25, 0.3) is 0 Å². The Labute approximate surface area is 186 Å². The topological polar surface area (TPSA) is 49.4 Å². The minimum Gasteiger partial charge on any atom is -0.496 e. The van der Waals surface area contributed by atoms with E-state index in [1.54, 1.807) is 13.3 Å². The van der Waals surface area contributed by atoms with Crippen molar-refractivity contribution in [3.8, 4) is 5.75 Å². The van der Waals surface area contributed by atoms with E-state index in [1.807, 2.05) is 30.5 Å². The van der Waals surface area contributed by atoms with Crippen molar-refractivity contribution in [3.05, 3.63) is 59.9 Å². The molecule has 1 aliphatic rings. The van der Waals surface area contributed by atoms with Crippen LogP contribution >= 0.6 is 12.2 Å². The zero-order valence-electron chi connectivity index (χ0n) is 18.7. The zero-order valence-corrected chi connectivity index (χ0v) is 19.6. The summed E-state index contributed by atoms with van der Waals surface area (Å²) in [6, 6.07) is 12.5. The van der Waals surface area contributed by atoms with Gasteiger partial charge in [-0.2, -0.15) is 0 Å². The Balaban J connectivity index is 1.79. The number of piperidine rings is 1. The molecule has 2 aromatic rings. The third-order valence-electron chi connectivity index (χ3n) is 5.45. The quantitative estimate of drug-likeness (QED) is 0.673. The molecule has 0 saturated carbocycles. The van der Waals surface area contributed by atoms with Crippen LogP contribution in [0.4, 0.5) is 0 Å². The first-order chi connectivity index (χ1) is 14.2. The van der Waals surface area contributed by atoms with Gasteiger partial charge in [0.1, 0.15) is 5.75 Å². The highest BCUT2D eigenvalue weighted by Crippen LogP contribution is 2.29. The van der Waals surface area contributed by atoms with Gasteiger partial charge in [0, 0.05) is 48.2 Å². The molecule has 162 valence electrons. The fraction of sp³-hybridized carbons (Fsp3) is 0.500. The minimum absolute atomic E-state index is 0.0614. The Hall–Kier alpha value is -2.18. The Bertz CT molecular complexity index is 837. The van der Waals surface area contributed by atoms with E-state index in [2.05, 4.69) is 60.3 Å². The lowest BCUT2D eigenvalue weighted by atomic mass is 9.80. The molecule has 1 fully saturated rings. The molecule has 1 aromatic carbocycles. The molecule has 1 aromatic heterocycles. The molecule has 0 unspecified atom stereocenters. The van der Waals surface area contributed by atoms with Gasteiger partial charge in [0.2, 0.25) is 0 Å². The number of methoxy groups -OCH3 is 1. The van der Waals surface area contributed by atoms with E-state index in [9.17, 15) is 0 Å². The summed E-state index contributed by atoms with van der Waals surface area (Å²) >= 11 is 5.92. The predicted molar refractivity (Wildman–Crippen MR) is 127 cm³/mol. The molecule has 2 N–H and O–H groups in total. The Morgan fingerprint density at radius 3 is 2.47 bits per heavy atom. The summed E-state index contributed by atoms with van der Waals surface area (Å²) < 4.78 is 5.57. The van der Waals surface area contributed by atoms with Crippen molar-refractivity contribution < 1.29 is 4.74 Å². The van der Waals surface area contributed by atoms with Crippen LogP contribution in [0.25, 0.3) is 0 Å². The zero-order chi connectivity index (χ0) is 21.8. The molecule has 0 bridgehead atoms. The van der Waals surface area contributed by atoms with Gasteiger partial charge in [-0.1, -0.05) is 24.3 Å².